The van der Waals surface area contributed by atoms with Crippen LogP contribution in [0, 0.1) is 23.7 Å². The highest BCUT2D eigenvalue weighted by Crippen LogP contribution is 2.42. The van der Waals surface area contributed by atoms with E-state index in [-0.39, 0.29) is 0 Å². The second kappa shape index (κ2) is 10.7. The summed E-state index contributed by atoms with van der Waals surface area (Å²) in [7, 11) is 0. The Bertz CT molecular complexity index is 482. The fourth-order valence-corrected chi connectivity index (χ4v) is 4.72. The van der Waals surface area contributed by atoms with E-state index in [1.807, 2.05) is 0 Å². The minimum atomic E-state index is -2.83. The molecule has 2 saturated carbocycles. The number of halogens is 2. The average Bonchev–Trinajstić information content (AvgIpc) is 2.62. The zero-order valence-corrected chi connectivity index (χ0v) is 15.4. The number of carbonyl (C=O) groups excluding carboxylic acids is 1. The van der Waals surface area contributed by atoms with Gasteiger partial charge in [-0.1, -0.05) is 62.9 Å². The molecule has 0 heterocycles. The van der Waals surface area contributed by atoms with Gasteiger partial charge in [-0.05, 0) is 67.8 Å². The minimum Gasteiger partial charge on any atom is -0.219 e. The second-order valence-electron chi connectivity index (χ2n) is 8.05. The molecule has 2 aliphatic carbocycles. The molecule has 25 heavy (non-hydrogen) atoms. The molecular formula is C22H32F2O. The van der Waals surface area contributed by atoms with Gasteiger partial charge in [0.05, 0.1) is 0 Å². The number of aryl methyl sites for hydroxylation is 1. The van der Waals surface area contributed by atoms with Crippen LogP contribution in [0.5, 0.6) is 0 Å². The molecule has 0 amide bonds. The molecule has 2 fully saturated rings. The number of hydrogen-bond acceptors (Lipinski definition) is 1. The molecule has 3 heteroatoms. The van der Waals surface area contributed by atoms with Crippen LogP contribution in [0.4, 0.5) is 13.6 Å². The van der Waals surface area contributed by atoms with Crippen LogP contribution in [0.3, 0.4) is 0 Å². The van der Waals surface area contributed by atoms with Crippen LogP contribution in [-0.2, 0) is 6.42 Å². The molecule has 2 aliphatic rings. The lowest BCUT2D eigenvalue weighted by Crippen LogP contribution is -2.25. The predicted octanol–water partition coefficient (Wildman–Crippen LogP) is 7.30. The third-order valence-electron chi connectivity index (χ3n) is 6.30. The molecule has 0 unspecified atom stereocenters. The van der Waals surface area contributed by atoms with Crippen molar-refractivity contribution in [1.29, 1.82) is 0 Å². The molecule has 1 aromatic rings. The summed E-state index contributed by atoms with van der Waals surface area (Å²) >= 11 is 0. The largest absolute Gasteiger partial charge is 0.483 e. The molecule has 0 aliphatic heterocycles. The topological polar surface area (TPSA) is 17.1 Å². The van der Waals surface area contributed by atoms with Gasteiger partial charge >= 0.3 is 6.29 Å². The zero-order valence-electron chi connectivity index (χ0n) is 15.4. The Kier molecular flexibility index (Phi) is 8.57. The first-order chi connectivity index (χ1) is 12.0. The van der Waals surface area contributed by atoms with E-state index in [0.29, 0.717) is 0 Å². The monoisotopic (exact) mass is 350 g/mol. The molecule has 3 rings (SSSR count). The number of carbonyl (C=O) groups is 1. The summed E-state index contributed by atoms with van der Waals surface area (Å²) in [5.74, 6) is 4.16. The normalized spacial score (nSPS) is 29.4. The van der Waals surface area contributed by atoms with Gasteiger partial charge in [-0.25, -0.2) is 4.79 Å². The standard InChI is InChI=1S/C21H32.CF2O/c1-17-7-13-20(14-8-17)21-15-11-19(12-16-21)10-9-18-5-3-2-4-6-18;2-1(3)4/h2-6,17,19-21H,7-16H2,1H3;. The van der Waals surface area contributed by atoms with Gasteiger partial charge in [0.2, 0.25) is 0 Å². The molecule has 0 bridgehead atoms. The summed E-state index contributed by atoms with van der Waals surface area (Å²) in [5, 5.41) is 0. The molecule has 0 radical (unpaired) electrons. The van der Waals surface area contributed by atoms with Crippen molar-refractivity contribution in [3.05, 3.63) is 35.9 Å². The van der Waals surface area contributed by atoms with E-state index in [0.717, 1.165) is 23.7 Å². The zero-order chi connectivity index (χ0) is 18.1. The van der Waals surface area contributed by atoms with Crippen LogP contribution in [0.2, 0.25) is 0 Å². The highest BCUT2D eigenvalue weighted by atomic mass is 19.3. The summed E-state index contributed by atoms with van der Waals surface area (Å²) in [6.07, 6.45) is 12.0. The Hall–Kier alpha value is -1.25. The molecule has 140 valence electrons. The maximum atomic E-state index is 9.69. The van der Waals surface area contributed by atoms with Crippen molar-refractivity contribution in [2.75, 3.05) is 0 Å². The van der Waals surface area contributed by atoms with Crippen LogP contribution >= 0.6 is 0 Å². The van der Waals surface area contributed by atoms with Gasteiger partial charge in [0, 0.05) is 0 Å². The first-order valence-corrected chi connectivity index (χ1v) is 9.93. The Morgan fingerprint density at radius 1 is 0.880 bits per heavy atom. The predicted molar refractivity (Wildman–Crippen MR) is 98.9 cm³/mol. The van der Waals surface area contributed by atoms with Gasteiger partial charge in [0.1, 0.15) is 0 Å². The van der Waals surface area contributed by atoms with E-state index >= 15 is 0 Å². The summed E-state index contributed by atoms with van der Waals surface area (Å²) in [6.45, 7) is 2.44. The Morgan fingerprint density at radius 2 is 1.36 bits per heavy atom. The molecule has 0 saturated heterocycles. The van der Waals surface area contributed by atoms with Crippen LogP contribution < -0.4 is 0 Å². The molecule has 0 aromatic heterocycles. The first kappa shape index (κ1) is 20.1. The highest BCUT2D eigenvalue weighted by molar-refractivity contribution is 5.55. The lowest BCUT2D eigenvalue weighted by atomic mass is 9.69. The maximum Gasteiger partial charge on any atom is 0.483 e. The quantitative estimate of drug-likeness (QED) is 0.521. The van der Waals surface area contributed by atoms with Gasteiger partial charge < -0.3 is 0 Å². The van der Waals surface area contributed by atoms with Crippen LogP contribution in [0.1, 0.15) is 70.3 Å². The van der Waals surface area contributed by atoms with E-state index in [1.165, 1.54) is 69.8 Å². The van der Waals surface area contributed by atoms with Crippen molar-refractivity contribution in [3.63, 3.8) is 0 Å². The van der Waals surface area contributed by atoms with E-state index in [4.69, 9.17) is 4.79 Å². The molecule has 0 atom stereocenters. The third-order valence-corrected chi connectivity index (χ3v) is 6.30. The van der Waals surface area contributed by atoms with Gasteiger partial charge in [0.15, 0.2) is 0 Å². The summed E-state index contributed by atoms with van der Waals surface area (Å²) < 4.78 is 19.4. The lowest BCUT2D eigenvalue weighted by molar-refractivity contribution is 0.148. The minimum absolute atomic E-state index is 1.00. The van der Waals surface area contributed by atoms with E-state index in [1.54, 1.807) is 0 Å². The number of rotatable bonds is 4. The smallest absolute Gasteiger partial charge is 0.219 e. The number of benzene rings is 1. The third kappa shape index (κ3) is 7.66. The van der Waals surface area contributed by atoms with E-state index < -0.39 is 6.29 Å². The maximum absolute atomic E-state index is 9.69. The second-order valence-corrected chi connectivity index (χ2v) is 8.05. The summed E-state index contributed by atoms with van der Waals surface area (Å²) in [6, 6.07) is 11.1. The highest BCUT2D eigenvalue weighted by Gasteiger charge is 2.29. The molecular weight excluding hydrogens is 318 g/mol. The van der Waals surface area contributed by atoms with E-state index in [2.05, 4.69) is 37.3 Å². The summed E-state index contributed by atoms with van der Waals surface area (Å²) in [4.78, 5) is 8.11. The van der Waals surface area contributed by atoms with Crippen LogP contribution in [0.15, 0.2) is 30.3 Å². The van der Waals surface area contributed by atoms with Gasteiger partial charge in [-0.15, -0.1) is 8.78 Å². The van der Waals surface area contributed by atoms with Crippen molar-refractivity contribution in [1.82, 2.24) is 0 Å². The van der Waals surface area contributed by atoms with E-state index in [9.17, 15) is 8.78 Å². The van der Waals surface area contributed by atoms with Crippen molar-refractivity contribution >= 4 is 6.29 Å². The Labute approximate surface area is 151 Å². The molecule has 1 nitrogen and oxygen atoms in total. The first-order valence-electron chi connectivity index (χ1n) is 9.93. The molecule has 1 aromatic carbocycles. The van der Waals surface area contributed by atoms with Crippen molar-refractivity contribution < 1.29 is 13.6 Å². The fourth-order valence-electron chi connectivity index (χ4n) is 4.72. The van der Waals surface area contributed by atoms with Gasteiger partial charge in [0.25, 0.3) is 0 Å². The number of hydrogen-bond donors (Lipinski definition) is 0. The SMILES string of the molecule is CC1CCC(C2CCC(CCc3ccccc3)CC2)CC1.O=C(F)F. The summed E-state index contributed by atoms with van der Waals surface area (Å²) in [5.41, 5.74) is 1.53. The lowest BCUT2D eigenvalue weighted by Gasteiger charge is -2.37. The fraction of sp³-hybridized carbons (Fsp3) is 0.682. The van der Waals surface area contributed by atoms with Crippen molar-refractivity contribution in [2.45, 2.75) is 71.1 Å². The van der Waals surface area contributed by atoms with Gasteiger partial charge in [-0.2, -0.15) is 0 Å². The Morgan fingerprint density at radius 3 is 1.88 bits per heavy atom. The van der Waals surface area contributed by atoms with Crippen LogP contribution in [0.25, 0.3) is 0 Å². The molecule has 0 N–H and O–H groups in total. The molecule has 0 spiro atoms. The van der Waals surface area contributed by atoms with Crippen LogP contribution in [-0.4, -0.2) is 6.29 Å². The average molecular weight is 350 g/mol. The van der Waals surface area contributed by atoms with Gasteiger partial charge in [-0.3, -0.25) is 0 Å². The van der Waals surface area contributed by atoms with Crippen molar-refractivity contribution in [2.24, 2.45) is 23.7 Å². The van der Waals surface area contributed by atoms with Crippen molar-refractivity contribution in [3.8, 4) is 0 Å². The Balaban J connectivity index is 0.000000511.